The van der Waals surface area contributed by atoms with E-state index in [9.17, 15) is 4.79 Å². The minimum absolute atomic E-state index is 0.151. The Morgan fingerprint density at radius 1 is 1.19 bits per heavy atom. The first-order chi connectivity index (χ1) is 10.3. The molecule has 0 atom stereocenters. The van der Waals surface area contributed by atoms with Gasteiger partial charge in [0, 0.05) is 24.5 Å². The number of benzene rings is 1. The molecule has 7 nitrogen and oxygen atoms in total. The molecule has 0 aliphatic carbocycles. The third-order valence-electron chi connectivity index (χ3n) is 2.92. The molecule has 3 rings (SSSR count). The fraction of sp³-hybridized carbons (Fsp3) is 0.0714. The number of carbonyl (C=O) groups excluding carboxylic acids is 1. The lowest BCUT2D eigenvalue weighted by Gasteiger charge is -2.06. The average molecular weight is 280 g/mol. The highest BCUT2D eigenvalue weighted by molar-refractivity contribution is 5.94. The number of aromatic nitrogens is 5. The lowest BCUT2D eigenvalue weighted by molar-refractivity contribution is 0.0951. The number of amides is 1. The molecular weight excluding hydrogens is 268 g/mol. The van der Waals surface area contributed by atoms with Gasteiger partial charge >= 0.3 is 0 Å². The van der Waals surface area contributed by atoms with Crippen LogP contribution in [0.25, 0.3) is 5.69 Å². The van der Waals surface area contributed by atoms with Crippen LogP contribution >= 0.6 is 0 Å². The lowest BCUT2D eigenvalue weighted by Crippen LogP contribution is -2.22. The van der Waals surface area contributed by atoms with E-state index in [0.29, 0.717) is 12.1 Å². The van der Waals surface area contributed by atoms with Crippen LogP contribution < -0.4 is 5.32 Å². The van der Waals surface area contributed by atoms with Gasteiger partial charge in [-0.1, -0.05) is 6.07 Å². The third-order valence-corrected chi connectivity index (χ3v) is 2.92. The highest BCUT2D eigenvalue weighted by Crippen LogP contribution is 2.09. The van der Waals surface area contributed by atoms with Crippen LogP contribution in [0.1, 0.15) is 15.9 Å². The number of nitrogens with one attached hydrogen (secondary N) is 1. The molecule has 2 aromatic heterocycles. The van der Waals surface area contributed by atoms with Crippen LogP contribution in [0.4, 0.5) is 0 Å². The maximum atomic E-state index is 12.2. The normalized spacial score (nSPS) is 10.3. The van der Waals surface area contributed by atoms with E-state index < -0.39 is 0 Å². The van der Waals surface area contributed by atoms with E-state index >= 15 is 0 Å². The smallest absolute Gasteiger partial charge is 0.251 e. The maximum Gasteiger partial charge on any atom is 0.251 e. The zero-order valence-corrected chi connectivity index (χ0v) is 11.0. The van der Waals surface area contributed by atoms with Crippen molar-refractivity contribution in [3.63, 3.8) is 0 Å². The van der Waals surface area contributed by atoms with Crippen LogP contribution in [-0.2, 0) is 6.54 Å². The molecule has 0 bridgehead atoms. The number of pyridine rings is 1. The van der Waals surface area contributed by atoms with E-state index in [2.05, 4.69) is 25.8 Å². The number of hydrogen-bond donors (Lipinski definition) is 1. The monoisotopic (exact) mass is 280 g/mol. The van der Waals surface area contributed by atoms with Gasteiger partial charge in [-0.05, 0) is 46.3 Å². The van der Waals surface area contributed by atoms with E-state index in [0.717, 1.165) is 11.3 Å². The fourth-order valence-corrected chi connectivity index (χ4v) is 1.85. The van der Waals surface area contributed by atoms with Gasteiger partial charge in [0.2, 0.25) is 0 Å². The molecule has 104 valence electrons. The summed E-state index contributed by atoms with van der Waals surface area (Å²) in [5, 5.41) is 13.8. The number of tetrazole rings is 1. The Bertz CT molecular complexity index is 726. The second-order valence-corrected chi connectivity index (χ2v) is 4.34. The minimum Gasteiger partial charge on any atom is -0.348 e. The Hall–Kier alpha value is -3.09. The van der Waals surface area contributed by atoms with Crippen molar-refractivity contribution in [1.29, 1.82) is 0 Å². The standard InChI is InChI=1S/C14H12N6O/c21-14(16-9-11-4-6-15-7-5-11)12-2-1-3-13(8-12)20-10-17-18-19-20/h1-8,10H,9H2,(H,16,21). The average Bonchev–Trinajstić information content (AvgIpc) is 3.08. The summed E-state index contributed by atoms with van der Waals surface area (Å²) < 4.78 is 1.50. The first-order valence-corrected chi connectivity index (χ1v) is 6.33. The van der Waals surface area contributed by atoms with Gasteiger partial charge in [-0.15, -0.1) is 5.10 Å². The third kappa shape index (κ3) is 3.08. The molecular formula is C14H12N6O. The van der Waals surface area contributed by atoms with Crippen LogP contribution in [0, 0.1) is 0 Å². The van der Waals surface area contributed by atoms with E-state index in [1.54, 1.807) is 30.6 Å². The van der Waals surface area contributed by atoms with Crippen molar-refractivity contribution in [2.75, 3.05) is 0 Å². The van der Waals surface area contributed by atoms with E-state index in [1.165, 1.54) is 11.0 Å². The second kappa shape index (κ2) is 5.91. The highest BCUT2D eigenvalue weighted by Gasteiger charge is 2.07. The molecule has 3 aromatic rings. The SMILES string of the molecule is O=C(NCc1ccncc1)c1cccc(-n2cnnn2)c1. The van der Waals surface area contributed by atoms with Crippen molar-refractivity contribution < 1.29 is 4.79 Å². The summed E-state index contributed by atoms with van der Waals surface area (Å²) in [5.74, 6) is -0.151. The highest BCUT2D eigenvalue weighted by atomic mass is 16.1. The van der Waals surface area contributed by atoms with Gasteiger partial charge in [0.1, 0.15) is 6.33 Å². The van der Waals surface area contributed by atoms with Crippen molar-refractivity contribution in [2.45, 2.75) is 6.54 Å². The molecule has 0 aliphatic rings. The van der Waals surface area contributed by atoms with Crippen molar-refractivity contribution >= 4 is 5.91 Å². The number of carbonyl (C=O) groups is 1. The molecule has 1 aromatic carbocycles. The number of hydrogen-bond acceptors (Lipinski definition) is 5. The molecule has 1 N–H and O–H groups in total. The molecule has 0 saturated carbocycles. The van der Waals surface area contributed by atoms with Crippen LogP contribution in [0.15, 0.2) is 55.1 Å². The lowest BCUT2D eigenvalue weighted by atomic mass is 10.2. The van der Waals surface area contributed by atoms with Crippen LogP contribution in [0.2, 0.25) is 0 Å². The molecule has 0 spiro atoms. The summed E-state index contributed by atoms with van der Waals surface area (Å²) in [7, 11) is 0. The first-order valence-electron chi connectivity index (χ1n) is 6.33. The van der Waals surface area contributed by atoms with Crippen molar-refractivity contribution in [2.24, 2.45) is 0 Å². The predicted molar refractivity (Wildman–Crippen MR) is 74.6 cm³/mol. The number of nitrogens with zero attached hydrogens (tertiary/aromatic N) is 5. The van der Waals surface area contributed by atoms with Gasteiger partial charge in [0.05, 0.1) is 5.69 Å². The molecule has 21 heavy (non-hydrogen) atoms. The summed E-state index contributed by atoms with van der Waals surface area (Å²) in [6, 6.07) is 10.8. The van der Waals surface area contributed by atoms with E-state index in [-0.39, 0.29) is 5.91 Å². The quantitative estimate of drug-likeness (QED) is 0.770. The van der Waals surface area contributed by atoms with Gasteiger partial charge in [-0.2, -0.15) is 0 Å². The second-order valence-electron chi connectivity index (χ2n) is 4.34. The molecule has 0 unspecified atom stereocenters. The Balaban J connectivity index is 1.72. The molecule has 7 heteroatoms. The molecule has 0 aliphatic heterocycles. The first kappa shape index (κ1) is 12.9. The van der Waals surface area contributed by atoms with Gasteiger partial charge < -0.3 is 5.32 Å². The van der Waals surface area contributed by atoms with Gasteiger partial charge in [0.25, 0.3) is 5.91 Å². The van der Waals surface area contributed by atoms with Crippen molar-refractivity contribution in [3.05, 3.63) is 66.2 Å². The number of rotatable bonds is 4. The Morgan fingerprint density at radius 3 is 2.81 bits per heavy atom. The zero-order chi connectivity index (χ0) is 14.5. The maximum absolute atomic E-state index is 12.2. The van der Waals surface area contributed by atoms with E-state index in [1.807, 2.05) is 18.2 Å². The Morgan fingerprint density at radius 2 is 2.05 bits per heavy atom. The fourth-order valence-electron chi connectivity index (χ4n) is 1.85. The predicted octanol–water partition coefficient (Wildman–Crippen LogP) is 0.987. The van der Waals surface area contributed by atoms with Gasteiger partial charge in [-0.3, -0.25) is 9.78 Å². The molecule has 0 fully saturated rings. The van der Waals surface area contributed by atoms with Crippen molar-refractivity contribution in [1.82, 2.24) is 30.5 Å². The van der Waals surface area contributed by atoms with Crippen LogP contribution in [0.3, 0.4) is 0 Å². The zero-order valence-electron chi connectivity index (χ0n) is 11.0. The molecule has 0 radical (unpaired) electrons. The van der Waals surface area contributed by atoms with Gasteiger partial charge in [-0.25, -0.2) is 4.68 Å². The minimum atomic E-state index is -0.151. The van der Waals surface area contributed by atoms with E-state index in [4.69, 9.17) is 0 Å². The molecule has 2 heterocycles. The summed E-state index contributed by atoms with van der Waals surface area (Å²) in [6.07, 6.45) is 4.87. The summed E-state index contributed by atoms with van der Waals surface area (Å²) in [4.78, 5) is 16.1. The Kier molecular flexibility index (Phi) is 3.64. The molecule has 0 saturated heterocycles. The van der Waals surface area contributed by atoms with Crippen LogP contribution in [-0.4, -0.2) is 31.1 Å². The Labute approximate surface area is 120 Å². The largest absolute Gasteiger partial charge is 0.348 e. The summed E-state index contributed by atoms with van der Waals surface area (Å²) in [5.41, 5.74) is 2.28. The topological polar surface area (TPSA) is 85.6 Å². The summed E-state index contributed by atoms with van der Waals surface area (Å²) >= 11 is 0. The van der Waals surface area contributed by atoms with Crippen LogP contribution in [0.5, 0.6) is 0 Å². The summed E-state index contributed by atoms with van der Waals surface area (Å²) in [6.45, 7) is 0.455. The van der Waals surface area contributed by atoms with Crippen molar-refractivity contribution in [3.8, 4) is 5.69 Å². The molecule has 1 amide bonds. The van der Waals surface area contributed by atoms with Gasteiger partial charge in [0.15, 0.2) is 0 Å².